The Morgan fingerprint density at radius 2 is 2.33 bits per heavy atom. The van der Waals surface area contributed by atoms with E-state index in [4.69, 9.17) is 5.11 Å². The van der Waals surface area contributed by atoms with Crippen molar-refractivity contribution in [1.29, 1.82) is 0 Å². The average Bonchev–Trinajstić information content (AvgIpc) is 2.96. The fourth-order valence-corrected chi connectivity index (χ4v) is 2.81. The van der Waals surface area contributed by atoms with Crippen LogP contribution in [0.1, 0.15) is 4.88 Å². The van der Waals surface area contributed by atoms with Gasteiger partial charge in [-0.1, -0.05) is 6.07 Å². The number of piperazine rings is 1. The zero-order valence-electron chi connectivity index (χ0n) is 11.6. The van der Waals surface area contributed by atoms with Crippen LogP contribution in [0.3, 0.4) is 0 Å². The number of carboxylic acid groups (broad SMARTS) is 1. The first kappa shape index (κ1) is 15.3. The van der Waals surface area contributed by atoms with Crippen molar-refractivity contribution in [2.75, 3.05) is 26.7 Å². The molecule has 0 spiro atoms. The number of carbonyl (C=O) groups is 3. The van der Waals surface area contributed by atoms with Crippen LogP contribution in [0.25, 0.3) is 0 Å². The Morgan fingerprint density at radius 3 is 2.95 bits per heavy atom. The van der Waals surface area contributed by atoms with Crippen molar-refractivity contribution in [3.63, 3.8) is 0 Å². The van der Waals surface area contributed by atoms with E-state index in [1.54, 1.807) is 18.4 Å². The number of hydrogen-bond donors (Lipinski definition) is 2. The zero-order valence-corrected chi connectivity index (χ0v) is 12.4. The van der Waals surface area contributed by atoms with Crippen molar-refractivity contribution in [1.82, 2.24) is 15.1 Å². The van der Waals surface area contributed by atoms with Gasteiger partial charge in [0.25, 0.3) is 0 Å². The Bertz CT molecular complexity index is 532. The smallest absolute Gasteiger partial charge is 0.328 e. The van der Waals surface area contributed by atoms with Gasteiger partial charge in [0, 0.05) is 25.0 Å². The number of urea groups is 1. The van der Waals surface area contributed by atoms with Gasteiger partial charge in [0.2, 0.25) is 5.91 Å². The van der Waals surface area contributed by atoms with Gasteiger partial charge in [-0.2, -0.15) is 0 Å². The van der Waals surface area contributed by atoms with Crippen molar-refractivity contribution in [2.45, 2.75) is 12.5 Å². The summed E-state index contributed by atoms with van der Waals surface area (Å²) in [5.41, 5.74) is 0. The van der Waals surface area contributed by atoms with Crippen LogP contribution in [-0.4, -0.2) is 65.5 Å². The van der Waals surface area contributed by atoms with E-state index < -0.39 is 18.0 Å². The largest absolute Gasteiger partial charge is 0.480 e. The molecule has 0 radical (unpaired) electrons. The topological polar surface area (TPSA) is 90.0 Å². The van der Waals surface area contributed by atoms with Crippen molar-refractivity contribution >= 4 is 29.2 Å². The fourth-order valence-electron chi connectivity index (χ4n) is 2.11. The van der Waals surface area contributed by atoms with Gasteiger partial charge < -0.3 is 15.3 Å². The average molecular weight is 311 g/mol. The lowest BCUT2D eigenvalue weighted by Gasteiger charge is -2.35. The molecule has 1 aliphatic heterocycles. The molecule has 3 amide bonds. The Hall–Kier alpha value is -2.09. The number of likely N-dealkylation sites (N-methyl/N-ethyl adjacent to an activating group) is 1. The first-order valence-corrected chi connectivity index (χ1v) is 7.40. The lowest BCUT2D eigenvalue weighted by Crippen LogP contribution is -2.61. The van der Waals surface area contributed by atoms with Crippen LogP contribution in [0.5, 0.6) is 0 Å². The maximum atomic E-state index is 12.3. The molecule has 1 aromatic rings. The molecule has 1 aliphatic rings. The molecule has 1 unspecified atom stereocenters. The predicted octanol–water partition coefficient (Wildman–Crippen LogP) is 0.227. The van der Waals surface area contributed by atoms with Crippen LogP contribution in [0.4, 0.5) is 4.79 Å². The molecule has 8 heteroatoms. The van der Waals surface area contributed by atoms with Crippen molar-refractivity contribution < 1.29 is 19.5 Å². The van der Waals surface area contributed by atoms with Gasteiger partial charge in [-0.3, -0.25) is 9.69 Å². The first-order valence-electron chi connectivity index (χ1n) is 6.52. The maximum absolute atomic E-state index is 12.3. The molecule has 1 fully saturated rings. The molecule has 2 heterocycles. The van der Waals surface area contributed by atoms with E-state index in [1.165, 1.54) is 4.90 Å². The van der Waals surface area contributed by atoms with Gasteiger partial charge in [0.1, 0.15) is 12.6 Å². The molecule has 2 rings (SSSR count). The van der Waals surface area contributed by atoms with Gasteiger partial charge >= 0.3 is 12.0 Å². The summed E-state index contributed by atoms with van der Waals surface area (Å²) in [6, 6.07) is 2.47. The van der Waals surface area contributed by atoms with Crippen molar-refractivity contribution in [2.24, 2.45) is 0 Å². The van der Waals surface area contributed by atoms with Gasteiger partial charge in [-0.25, -0.2) is 9.59 Å². The number of carboxylic acids is 1. The number of carbonyl (C=O) groups excluding carboxylic acids is 2. The van der Waals surface area contributed by atoms with E-state index in [-0.39, 0.29) is 19.0 Å². The van der Waals surface area contributed by atoms with Crippen LogP contribution in [0.15, 0.2) is 17.5 Å². The van der Waals surface area contributed by atoms with Crippen LogP contribution in [-0.2, 0) is 16.0 Å². The number of amides is 3. The van der Waals surface area contributed by atoms with Crippen molar-refractivity contribution in [3.8, 4) is 0 Å². The van der Waals surface area contributed by atoms with Crippen LogP contribution >= 0.6 is 11.3 Å². The first-order chi connectivity index (χ1) is 9.99. The molecule has 2 N–H and O–H groups in total. The summed E-state index contributed by atoms with van der Waals surface area (Å²) in [6.07, 6.45) is 0.706. The summed E-state index contributed by atoms with van der Waals surface area (Å²) in [5, 5.41) is 13.6. The minimum absolute atomic E-state index is 0.0569. The summed E-state index contributed by atoms with van der Waals surface area (Å²) < 4.78 is 0. The number of nitrogens with zero attached hydrogens (tertiary/aromatic N) is 2. The normalized spacial score (nSPS) is 18.2. The molecule has 7 nitrogen and oxygen atoms in total. The van der Waals surface area contributed by atoms with Gasteiger partial charge in [0.15, 0.2) is 0 Å². The van der Waals surface area contributed by atoms with Crippen LogP contribution in [0, 0.1) is 0 Å². The highest BCUT2D eigenvalue weighted by atomic mass is 32.1. The van der Waals surface area contributed by atoms with E-state index in [0.717, 1.165) is 9.78 Å². The van der Waals surface area contributed by atoms with Crippen LogP contribution in [0.2, 0.25) is 0 Å². The lowest BCUT2D eigenvalue weighted by atomic mass is 10.2. The molecule has 0 bridgehead atoms. The molecular formula is C13H17N3O4S. The van der Waals surface area contributed by atoms with Crippen molar-refractivity contribution in [3.05, 3.63) is 22.4 Å². The van der Waals surface area contributed by atoms with Gasteiger partial charge in [0.05, 0.1) is 0 Å². The standard InChI is InChI=1S/C13H17N3O4S/c1-15(5-4-9-3-2-6-21-9)13(20)16-8-11(17)14-7-10(16)12(18)19/h2-3,6,10H,4-5,7-8H2,1H3,(H,14,17)(H,18,19). The number of nitrogens with one attached hydrogen (secondary N) is 1. The highest BCUT2D eigenvalue weighted by Gasteiger charge is 2.36. The number of rotatable bonds is 4. The summed E-state index contributed by atoms with van der Waals surface area (Å²) in [4.78, 5) is 38.6. The minimum Gasteiger partial charge on any atom is -0.480 e. The zero-order chi connectivity index (χ0) is 15.4. The third-order valence-electron chi connectivity index (χ3n) is 3.31. The predicted molar refractivity (Wildman–Crippen MR) is 77.2 cm³/mol. The Morgan fingerprint density at radius 1 is 1.57 bits per heavy atom. The summed E-state index contributed by atoms with van der Waals surface area (Å²) >= 11 is 1.61. The second-order valence-corrected chi connectivity index (χ2v) is 5.85. The number of thiophene rings is 1. The SMILES string of the molecule is CN(CCc1cccs1)C(=O)N1CC(=O)NCC1C(=O)O. The molecule has 114 valence electrons. The Balaban J connectivity index is 1.98. The highest BCUT2D eigenvalue weighted by Crippen LogP contribution is 2.12. The highest BCUT2D eigenvalue weighted by molar-refractivity contribution is 7.09. The van der Waals surface area contributed by atoms with E-state index in [2.05, 4.69) is 5.32 Å². The number of aliphatic carboxylic acids is 1. The molecule has 0 saturated carbocycles. The lowest BCUT2D eigenvalue weighted by molar-refractivity contribution is -0.144. The second-order valence-electron chi connectivity index (χ2n) is 4.82. The molecule has 21 heavy (non-hydrogen) atoms. The van der Waals surface area contributed by atoms with E-state index in [0.29, 0.717) is 13.0 Å². The fraction of sp³-hybridized carbons (Fsp3) is 0.462. The third kappa shape index (κ3) is 3.72. The van der Waals surface area contributed by atoms with E-state index in [1.807, 2.05) is 17.5 Å². The molecule has 1 saturated heterocycles. The second kappa shape index (κ2) is 6.57. The molecule has 0 aliphatic carbocycles. The molecular weight excluding hydrogens is 294 g/mol. The van der Waals surface area contributed by atoms with Gasteiger partial charge in [-0.15, -0.1) is 11.3 Å². The molecule has 1 aromatic heterocycles. The Kier molecular flexibility index (Phi) is 4.79. The molecule has 1 atom stereocenters. The quantitative estimate of drug-likeness (QED) is 0.833. The minimum atomic E-state index is -1.12. The Labute approximate surface area is 126 Å². The third-order valence-corrected chi connectivity index (χ3v) is 4.25. The summed E-state index contributed by atoms with van der Waals surface area (Å²) in [5.74, 6) is -1.46. The van der Waals surface area contributed by atoms with E-state index in [9.17, 15) is 14.4 Å². The summed E-state index contributed by atoms with van der Waals surface area (Å²) in [7, 11) is 1.61. The van der Waals surface area contributed by atoms with Gasteiger partial charge in [-0.05, 0) is 17.9 Å². The summed E-state index contributed by atoms with van der Waals surface area (Å²) in [6.45, 7) is 0.196. The molecule has 0 aromatic carbocycles. The monoisotopic (exact) mass is 311 g/mol. The van der Waals surface area contributed by atoms with Crippen LogP contribution < -0.4 is 5.32 Å². The maximum Gasteiger partial charge on any atom is 0.328 e. The number of hydrogen-bond acceptors (Lipinski definition) is 4. The van der Waals surface area contributed by atoms with E-state index >= 15 is 0 Å².